The molecule has 0 amide bonds. The Labute approximate surface area is 83.4 Å². The van der Waals surface area contributed by atoms with E-state index < -0.39 is 0 Å². The predicted octanol–water partition coefficient (Wildman–Crippen LogP) is -15.7. The number of hydrogen-bond donors (Lipinski definition) is 0. The second-order valence-electron chi connectivity index (χ2n) is 0. The first-order chi connectivity index (χ1) is 0. The van der Waals surface area contributed by atoms with E-state index in [9.17, 15) is 0 Å². The molecule has 8 N–H and O–H groups in total. The van der Waals surface area contributed by atoms with Crippen LogP contribution in [0.5, 0.6) is 0 Å². The topological polar surface area (TPSA) is 126 Å². The van der Waals surface area contributed by atoms with Crippen molar-refractivity contribution >= 4 is 23.1 Å². The first kappa shape index (κ1) is 1200. The molecule has 0 heterocycles. The normalized spacial score (nSPS) is 0. The van der Waals surface area contributed by atoms with Gasteiger partial charge in [-0.05, 0) is 0 Å². The van der Waals surface area contributed by atoms with Gasteiger partial charge in [-0.1, -0.05) is 0 Å². The maximum Gasteiger partial charge on any atom is 2.00 e. The quantitative estimate of drug-likeness (QED) is 0.293. The molecule has 0 unspecified atom stereocenters. The molecule has 0 rings (SSSR count). The van der Waals surface area contributed by atoms with Gasteiger partial charge in [0.05, 0.1) is 0 Å². The molecule has 0 aromatic heterocycles. The van der Waals surface area contributed by atoms with Gasteiger partial charge in [-0.3, -0.25) is 0 Å². The third-order valence-electron chi connectivity index (χ3n) is 0. The third-order valence-corrected chi connectivity index (χ3v) is 0. The Morgan fingerprint density at radius 2 is 0.400 bits per heavy atom. The molecule has 0 radical (unpaired) electrons. The van der Waals surface area contributed by atoms with E-state index in [1.807, 2.05) is 0 Å². The Hall–Kier alpha value is 0.950. The van der Waals surface area contributed by atoms with Crippen LogP contribution in [0, 0.1) is 0 Å². The largest absolute Gasteiger partial charge is 2.00 e. The molecule has 0 spiro atoms. The molecule has 0 atom stereocenters. The van der Waals surface area contributed by atoms with Gasteiger partial charge in [0, 0.05) is 0 Å². The van der Waals surface area contributed by atoms with E-state index in [1.54, 1.807) is 0 Å². The van der Waals surface area contributed by atoms with Crippen molar-refractivity contribution in [1.82, 2.24) is 0 Å². The van der Waals surface area contributed by atoms with Gasteiger partial charge in [-0.2, -0.15) is 0 Å². The first-order valence-corrected chi connectivity index (χ1v) is 0. The van der Waals surface area contributed by atoms with Crippen molar-refractivity contribution < 1.29 is 60.2 Å². The van der Waals surface area contributed by atoms with E-state index in [1.165, 1.54) is 0 Å². The molecule has 0 fully saturated rings. The SMILES string of the molecule is O.O.O.O.[F-].[F-].[F-].[F-].[Mg+2].[Zn+2]. The Kier molecular flexibility index (Phi) is 106000. The summed E-state index contributed by atoms with van der Waals surface area (Å²) in [6.07, 6.45) is 0. The van der Waals surface area contributed by atoms with Gasteiger partial charge in [0.15, 0.2) is 0 Å². The van der Waals surface area contributed by atoms with Crippen LogP contribution in [-0.2, 0) is 19.5 Å². The van der Waals surface area contributed by atoms with Crippen molar-refractivity contribution in [3.63, 3.8) is 0 Å². The zero-order valence-electron chi connectivity index (χ0n) is 4.93. The van der Waals surface area contributed by atoms with Gasteiger partial charge in [-0.15, -0.1) is 0 Å². The second-order valence-corrected chi connectivity index (χ2v) is 0. The fourth-order valence-electron chi connectivity index (χ4n) is 0. The van der Waals surface area contributed by atoms with E-state index >= 15 is 0 Å². The Bertz CT molecular complexity index is 17.2. The van der Waals surface area contributed by atoms with E-state index in [0.29, 0.717) is 0 Å². The average molecular weight is 238 g/mol. The van der Waals surface area contributed by atoms with Gasteiger partial charge in [-0.25, -0.2) is 0 Å². The number of halogens is 4. The van der Waals surface area contributed by atoms with Crippen molar-refractivity contribution in [2.45, 2.75) is 0 Å². The van der Waals surface area contributed by atoms with Crippen molar-refractivity contribution in [1.29, 1.82) is 0 Å². The van der Waals surface area contributed by atoms with Crippen LogP contribution in [0.3, 0.4) is 0 Å². The molecule has 4 nitrogen and oxygen atoms in total. The summed E-state index contributed by atoms with van der Waals surface area (Å²) in [7, 11) is 0. The summed E-state index contributed by atoms with van der Waals surface area (Å²) in [5.74, 6) is 0. The second kappa shape index (κ2) is 884. The van der Waals surface area contributed by atoms with Crippen LogP contribution in [0.15, 0.2) is 0 Å². The summed E-state index contributed by atoms with van der Waals surface area (Å²) in [6.45, 7) is 0. The van der Waals surface area contributed by atoms with Gasteiger partial charge < -0.3 is 40.7 Å². The molecule has 0 aliphatic heterocycles. The maximum atomic E-state index is 0. The van der Waals surface area contributed by atoms with Crippen molar-refractivity contribution in [2.24, 2.45) is 0 Å². The first-order valence-electron chi connectivity index (χ1n) is 0. The Morgan fingerprint density at radius 1 is 0.400 bits per heavy atom. The van der Waals surface area contributed by atoms with Crippen LogP contribution in [-0.4, -0.2) is 45.0 Å². The number of rotatable bonds is 0. The molecule has 0 saturated heterocycles. The van der Waals surface area contributed by atoms with Crippen LogP contribution in [0.2, 0.25) is 0 Å². The minimum Gasteiger partial charge on any atom is -1.00 e. The van der Waals surface area contributed by atoms with E-state index in [4.69, 9.17) is 0 Å². The third kappa shape index (κ3) is 627. The molecule has 64 valence electrons. The minimum absolute atomic E-state index is 0. The van der Waals surface area contributed by atoms with Crippen LogP contribution in [0.4, 0.5) is 0 Å². The predicted molar refractivity (Wildman–Crippen MR) is 20.2 cm³/mol. The smallest absolute Gasteiger partial charge is 1.00 e. The Morgan fingerprint density at radius 3 is 0.400 bits per heavy atom. The van der Waals surface area contributed by atoms with E-state index in [0.717, 1.165) is 0 Å². The number of hydrogen-bond acceptors (Lipinski definition) is 0. The summed E-state index contributed by atoms with van der Waals surface area (Å²) in [4.78, 5) is 0. The van der Waals surface area contributed by atoms with Crippen molar-refractivity contribution in [3.8, 4) is 0 Å². The van der Waals surface area contributed by atoms with Crippen molar-refractivity contribution in [2.75, 3.05) is 0 Å². The Balaban J connectivity index is 0. The van der Waals surface area contributed by atoms with Gasteiger partial charge in [0.25, 0.3) is 0 Å². The van der Waals surface area contributed by atoms with Gasteiger partial charge in [0.2, 0.25) is 0 Å². The molecule has 0 aliphatic rings. The summed E-state index contributed by atoms with van der Waals surface area (Å²) < 4.78 is 0. The summed E-state index contributed by atoms with van der Waals surface area (Å²) >= 11 is 0. The van der Waals surface area contributed by atoms with Gasteiger partial charge in [0.1, 0.15) is 0 Å². The van der Waals surface area contributed by atoms with Crippen LogP contribution >= 0.6 is 0 Å². The molecule has 0 saturated carbocycles. The molecule has 10 heteroatoms. The van der Waals surface area contributed by atoms with Crippen LogP contribution < -0.4 is 18.8 Å². The van der Waals surface area contributed by atoms with Crippen LogP contribution in [0.25, 0.3) is 0 Å². The summed E-state index contributed by atoms with van der Waals surface area (Å²) in [5.41, 5.74) is 0. The molecule has 10 heavy (non-hydrogen) atoms. The molecule has 0 aromatic carbocycles. The fraction of sp³-hybridized carbons (Fsp3) is 0. The molecule has 0 bridgehead atoms. The molecule has 0 aromatic rings. The maximum absolute atomic E-state index is 0. The zero-order valence-corrected chi connectivity index (χ0v) is 9.31. The standard InChI is InChI=1S/4FH.Mg.4H2O.Zn/h4*1H;;4*1H2;/q;;;;+2;;;;;+2/p-4. The minimum atomic E-state index is 0. The zero-order chi connectivity index (χ0) is 0. The van der Waals surface area contributed by atoms with Gasteiger partial charge >= 0.3 is 42.5 Å². The van der Waals surface area contributed by atoms with E-state index in [2.05, 4.69) is 0 Å². The molecular weight excluding hydrogens is 230 g/mol. The summed E-state index contributed by atoms with van der Waals surface area (Å²) in [6, 6.07) is 0. The average Bonchev–Trinajstić information content (AvgIpc) is 0. The van der Waals surface area contributed by atoms with Crippen LogP contribution in [0.1, 0.15) is 0 Å². The molecular formula is H8F4MgO4Zn. The fourth-order valence-corrected chi connectivity index (χ4v) is 0. The summed E-state index contributed by atoms with van der Waals surface area (Å²) in [5, 5.41) is 0. The van der Waals surface area contributed by atoms with Crippen molar-refractivity contribution in [3.05, 3.63) is 0 Å². The monoisotopic (exact) mass is 236 g/mol. The van der Waals surface area contributed by atoms with E-state index in [-0.39, 0.29) is 83.3 Å². The molecule has 0 aliphatic carbocycles.